The van der Waals surface area contributed by atoms with Gasteiger partial charge in [-0.25, -0.2) is 8.78 Å². The first-order valence-electron chi connectivity index (χ1n) is 8.45. The van der Waals surface area contributed by atoms with Gasteiger partial charge in [0.05, 0.1) is 0 Å². The molecule has 0 spiro atoms. The lowest BCUT2D eigenvalue weighted by Crippen LogP contribution is -2.47. The number of amides is 2. The molecule has 0 radical (unpaired) electrons. The second kappa shape index (κ2) is 6.49. The molecule has 0 unspecified atom stereocenters. The molecule has 1 aliphatic carbocycles. The molecule has 1 saturated heterocycles. The SMILES string of the molecule is NC(=O)C1(C(=O)N2CCC[C@@H](CCc3ccc(F)cc3F)C2)CC1. The van der Waals surface area contributed by atoms with Gasteiger partial charge in [0.2, 0.25) is 11.8 Å². The van der Waals surface area contributed by atoms with Gasteiger partial charge >= 0.3 is 0 Å². The van der Waals surface area contributed by atoms with Crippen molar-refractivity contribution in [2.45, 2.75) is 38.5 Å². The Morgan fingerprint density at radius 2 is 2.04 bits per heavy atom. The number of rotatable bonds is 5. The number of aryl methyl sites for hydroxylation is 1. The van der Waals surface area contributed by atoms with Crippen LogP contribution >= 0.6 is 0 Å². The minimum Gasteiger partial charge on any atom is -0.369 e. The van der Waals surface area contributed by atoms with E-state index in [2.05, 4.69) is 0 Å². The van der Waals surface area contributed by atoms with Crippen molar-refractivity contribution >= 4 is 11.8 Å². The van der Waals surface area contributed by atoms with Crippen LogP contribution in [-0.4, -0.2) is 29.8 Å². The predicted octanol–water partition coefficient (Wildman–Crippen LogP) is 2.40. The lowest BCUT2D eigenvalue weighted by Gasteiger charge is -2.34. The number of carbonyl (C=O) groups excluding carboxylic acids is 2. The lowest BCUT2D eigenvalue weighted by atomic mass is 9.90. The minimum absolute atomic E-state index is 0.146. The van der Waals surface area contributed by atoms with Gasteiger partial charge in [0.1, 0.15) is 17.0 Å². The van der Waals surface area contributed by atoms with Gasteiger partial charge in [-0.05, 0) is 56.1 Å². The quantitative estimate of drug-likeness (QED) is 0.839. The molecule has 1 aromatic rings. The molecule has 2 fully saturated rings. The molecular formula is C18H22F2N2O2. The molecule has 2 N–H and O–H groups in total. The molecule has 1 atom stereocenters. The summed E-state index contributed by atoms with van der Waals surface area (Å²) >= 11 is 0. The van der Waals surface area contributed by atoms with Crippen LogP contribution in [0.4, 0.5) is 8.78 Å². The zero-order valence-electron chi connectivity index (χ0n) is 13.6. The number of hydrogen-bond acceptors (Lipinski definition) is 2. The summed E-state index contributed by atoms with van der Waals surface area (Å²) in [6.45, 7) is 1.23. The highest BCUT2D eigenvalue weighted by atomic mass is 19.1. The second-order valence-corrected chi connectivity index (χ2v) is 6.98. The number of carbonyl (C=O) groups is 2. The van der Waals surface area contributed by atoms with E-state index < -0.39 is 23.0 Å². The standard InChI is InChI=1S/C18H22F2N2O2/c19-14-6-5-13(15(20)10-14)4-3-12-2-1-9-22(11-12)17(24)18(7-8-18)16(21)23/h5-6,10,12H,1-4,7-9,11H2,(H2,21,23)/t12-/m0/s1. The third kappa shape index (κ3) is 3.28. The fourth-order valence-electron chi connectivity index (χ4n) is 3.56. The number of halogens is 2. The monoisotopic (exact) mass is 336 g/mol. The summed E-state index contributed by atoms with van der Waals surface area (Å²) in [6, 6.07) is 3.64. The van der Waals surface area contributed by atoms with E-state index in [1.165, 1.54) is 12.1 Å². The van der Waals surface area contributed by atoms with Crippen LogP contribution < -0.4 is 5.73 Å². The summed E-state index contributed by atoms with van der Waals surface area (Å²) in [7, 11) is 0. The molecule has 130 valence electrons. The fourth-order valence-corrected chi connectivity index (χ4v) is 3.56. The summed E-state index contributed by atoms with van der Waals surface area (Å²) in [4.78, 5) is 25.8. The Balaban J connectivity index is 1.58. The van der Waals surface area contributed by atoms with Crippen LogP contribution in [0, 0.1) is 23.0 Å². The summed E-state index contributed by atoms with van der Waals surface area (Å²) in [5.41, 5.74) is 4.91. The molecule has 0 bridgehead atoms. The molecule has 1 aliphatic heterocycles. The first-order chi connectivity index (χ1) is 11.4. The maximum Gasteiger partial charge on any atom is 0.238 e. The van der Waals surface area contributed by atoms with E-state index >= 15 is 0 Å². The molecule has 4 nitrogen and oxygen atoms in total. The number of primary amides is 1. The average molecular weight is 336 g/mol. The predicted molar refractivity (Wildman–Crippen MR) is 84.8 cm³/mol. The summed E-state index contributed by atoms with van der Waals surface area (Å²) in [5, 5.41) is 0. The van der Waals surface area contributed by atoms with E-state index in [1.807, 2.05) is 0 Å². The summed E-state index contributed by atoms with van der Waals surface area (Å²) in [6.07, 6.45) is 4.18. The van der Waals surface area contributed by atoms with Crippen molar-refractivity contribution in [1.82, 2.24) is 4.90 Å². The van der Waals surface area contributed by atoms with Crippen LogP contribution in [-0.2, 0) is 16.0 Å². The van der Waals surface area contributed by atoms with Gasteiger partial charge in [0, 0.05) is 19.2 Å². The normalized spacial score (nSPS) is 22.2. The first-order valence-corrected chi connectivity index (χ1v) is 8.45. The van der Waals surface area contributed by atoms with Crippen molar-refractivity contribution < 1.29 is 18.4 Å². The van der Waals surface area contributed by atoms with Crippen LogP contribution in [0.15, 0.2) is 18.2 Å². The molecule has 0 aromatic heterocycles. The van der Waals surface area contributed by atoms with Crippen molar-refractivity contribution in [3.05, 3.63) is 35.4 Å². The molecule has 1 heterocycles. The van der Waals surface area contributed by atoms with Gasteiger partial charge in [0.25, 0.3) is 0 Å². The van der Waals surface area contributed by atoms with Crippen LogP contribution in [0.1, 0.15) is 37.7 Å². The number of nitrogens with zero attached hydrogens (tertiary/aromatic N) is 1. The highest BCUT2D eigenvalue weighted by molar-refractivity contribution is 6.07. The topological polar surface area (TPSA) is 63.4 Å². The van der Waals surface area contributed by atoms with Gasteiger partial charge in [0.15, 0.2) is 0 Å². The van der Waals surface area contributed by atoms with E-state index in [4.69, 9.17) is 5.73 Å². The minimum atomic E-state index is -0.967. The Bertz CT molecular complexity index is 658. The number of piperidine rings is 1. The van der Waals surface area contributed by atoms with E-state index in [9.17, 15) is 18.4 Å². The van der Waals surface area contributed by atoms with Crippen LogP contribution in [0.3, 0.4) is 0 Å². The third-order valence-electron chi connectivity index (χ3n) is 5.27. The van der Waals surface area contributed by atoms with Crippen LogP contribution in [0.5, 0.6) is 0 Å². The number of nitrogens with two attached hydrogens (primary N) is 1. The van der Waals surface area contributed by atoms with E-state index in [1.54, 1.807) is 4.90 Å². The number of hydrogen-bond donors (Lipinski definition) is 1. The van der Waals surface area contributed by atoms with E-state index in [-0.39, 0.29) is 11.8 Å². The van der Waals surface area contributed by atoms with Crippen molar-refractivity contribution in [3.63, 3.8) is 0 Å². The highest BCUT2D eigenvalue weighted by Gasteiger charge is 2.57. The fraction of sp³-hybridized carbons (Fsp3) is 0.556. The molecule has 24 heavy (non-hydrogen) atoms. The van der Waals surface area contributed by atoms with Crippen molar-refractivity contribution in [3.8, 4) is 0 Å². The molecule has 3 rings (SSSR count). The molecule has 1 aromatic carbocycles. The Morgan fingerprint density at radius 3 is 2.67 bits per heavy atom. The van der Waals surface area contributed by atoms with Crippen molar-refractivity contribution in [2.75, 3.05) is 13.1 Å². The molecule has 1 saturated carbocycles. The molecular weight excluding hydrogens is 314 g/mol. The summed E-state index contributed by atoms with van der Waals surface area (Å²) < 4.78 is 26.7. The van der Waals surface area contributed by atoms with Gasteiger partial charge in [-0.1, -0.05) is 6.07 Å². The maximum absolute atomic E-state index is 13.7. The van der Waals surface area contributed by atoms with Crippen molar-refractivity contribution in [1.29, 1.82) is 0 Å². The smallest absolute Gasteiger partial charge is 0.238 e. The lowest BCUT2D eigenvalue weighted by molar-refractivity contribution is -0.144. The van der Waals surface area contributed by atoms with E-state index in [0.717, 1.165) is 25.3 Å². The number of benzene rings is 1. The Morgan fingerprint density at radius 1 is 1.29 bits per heavy atom. The third-order valence-corrected chi connectivity index (χ3v) is 5.27. The van der Waals surface area contributed by atoms with Gasteiger partial charge in [-0.2, -0.15) is 0 Å². The molecule has 2 amide bonds. The van der Waals surface area contributed by atoms with Gasteiger partial charge < -0.3 is 10.6 Å². The van der Waals surface area contributed by atoms with Crippen LogP contribution in [0.2, 0.25) is 0 Å². The van der Waals surface area contributed by atoms with Crippen LogP contribution in [0.25, 0.3) is 0 Å². The van der Waals surface area contributed by atoms with Gasteiger partial charge in [-0.3, -0.25) is 9.59 Å². The van der Waals surface area contributed by atoms with Gasteiger partial charge in [-0.15, -0.1) is 0 Å². The van der Waals surface area contributed by atoms with Crippen molar-refractivity contribution in [2.24, 2.45) is 17.1 Å². The Labute approximate surface area is 140 Å². The zero-order chi connectivity index (χ0) is 17.3. The maximum atomic E-state index is 13.7. The largest absolute Gasteiger partial charge is 0.369 e. The first kappa shape index (κ1) is 16.9. The Kier molecular flexibility index (Phi) is 4.56. The zero-order valence-corrected chi connectivity index (χ0v) is 13.6. The number of likely N-dealkylation sites (tertiary alicyclic amines) is 1. The average Bonchev–Trinajstić information content (AvgIpc) is 3.35. The summed E-state index contributed by atoms with van der Waals surface area (Å²) in [5.74, 6) is -1.51. The Hall–Kier alpha value is -1.98. The van der Waals surface area contributed by atoms with E-state index in [0.29, 0.717) is 37.9 Å². The second-order valence-electron chi connectivity index (χ2n) is 6.98. The molecule has 6 heteroatoms. The molecule has 2 aliphatic rings. The highest BCUT2D eigenvalue weighted by Crippen LogP contribution is 2.47.